The van der Waals surface area contributed by atoms with Crippen LogP contribution in [0.25, 0.3) is 11.3 Å². The molecule has 0 unspecified atom stereocenters. The molecule has 2 amide bonds. The van der Waals surface area contributed by atoms with Crippen molar-refractivity contribution in [2.45, 2.75) is 37.1 Å². The van der Waals surface area contributed by atoms with E-state index < -0.39 is 0 Å². The Kier molecular flexibility index (Phi) is 5.23. The number of carbonyl (C=O) groups is 1. The molecule has 0 saturated heterocycles. The first-order valence-electron chi connectivity index (χ1n) is 7.90. The average Bonchev–Trinajstić information content (AvgIpc) is 3.25. The normalized spacial score (nSPS) is 20.4. The predicted molar refractivity (Wildman–Crippen MR) is 94.3 cm³/mol. The number of rotatable bonds is 5. The van der Waals surface area contributed by atoms with Gasteiger partial charge in [-0.15, -0.1) is 0 Å². The molecule has 1 aliphatic carbocycles. The van der Waals surface area contributed by atoms with Crippen molar-refractivity contribution in [3.63, 3.8) is 0 Å². The highest BCUT2D eigenvalue weighted by Gasteiger charge is 2.24. The number of aromatic amines is 1. The molecule has 1 fully saturated rings. The van der Waals surface area contributed by atoms with Crippen LogP contribution in [-0.2, 0) is 6.54 Å². The van der Waals surface area contributed by atoms with E-state index in [1.54, 1.807) is 6.20 Å². The van der Waals surface area contributed by atoms with Gasteiger partial charge in [-0.3, -0.25) is 5.10 Å². The number of nitrogens with one attached hydrogen (secondary N) is 3. The predicted octanol–water partition coefficient (Wildman–Crippen LogP) is 3.16. The molecule has 1 aromatic heterocycles. The van der Waals surface area contributed by atoms with Crippen LogP contribution in [0, 0.1) is 0 Å². The lowest BCUT2D eigenvalue weighted by atomic mass is 10.1. The largest absolute Gasteiger partial charge is 0.335 e. The zero-order chi connectivity index (χ0) is 16.1. The van der Waals surface area contributed by atoms with Crippen molar-refractivity contribution in [1.29, 1.82) is 0 Å². The van der Waals surface area contributed by atoms with Crippen molar-refractivity contribution in [3.8, 4) is 11.3 Å². The Balaban J connectivity index is 1.46. The summed E-state index contributed by atoms with van der Waals surface area (Å²) in [6.45, 7) is 0.535. The van der Waals surface area contributed by atoms with Gasteiger partial charge in [0.25, 0.3) is 0 Å². The molecule has 0 aliphatic heterocycles. The molecule has 6 heteroatoms. The first-order valence-corrected chi connectivity index (χ1v) is 9.19. The smallest absolute Gasteiger partial charge is 0.315 e. The standard InChI is InChI=1S/C17H22N4OS/c1-23-15-7-6-14(10-15)20-17(22)18-11-12-2-4-13(5-3-12)16-8-9-19-21-16/h2-5,8-9,14-15H,6-7,10-11H2,1H3,(H,19,21)(H2,18,20,22)/t14-,15+/m0/s1. The van der Waals surface area contributed by atoms with Crippen molar-refractivity contribution >= 4 is 17.8 Å². The van der Waals surface area contributed by atoms with Crippen molar-refractivity contribution in [3.05, 3.63) is 42.1 Å². The summed E-state index contributed by atoms with van der Waals surface area (Å²) in [5.41, 5.74) is 3.16. The van der Waals surface area contributed by atoms with Crippen LogP contribution in [-0.4, -0.2) is 33.8 Å². The fourth-order valence-electron chi connectivity index (χ4n) is 2.92. The second-order valence-corrected chi connectivity index (χ2v) is 7.00. The van der Waals surface area contributed by atoms with Gasteiger partial charge in [-0.05, 0) is 42.7 Å². The van der Waals surface area contributed by atoms with Crippen molar-refractivity contribution < 1.29 is 4.79 Å². The monoisotopic (exact) mass is 330 g/mol. The average molecular weight is 330 g/mol. The molecular formula is C17H22N4OS. The number of urea groups is 1. The molecular weight excluding hydrogens is 308 g/mol. The number of amides is 2. The molecule has 1 aromatic carbocycles. The van der Waals surface area contributed by atoms with Crippen LogP contribution >= 0.6 is 11.8 Å². The first kappa shape index (κ1) is 15.9. The molecule has 0 spiro atoms. The lowest BCUT2D eigenvalue weighted by molar-refractivity contribution is 0.236. The third kappa shape index (κ3) is 4.28. The Labute approximate surface area is 140 Å². The first-order chi connectivity index (χ1) is 11.2. The number of aromatic nitrogens is 2. The summed E-state index contributed by atoms with van der Waals surface area (Å²) in [4.78, 5) is 12.0. The van der Waals surface area contributed by atoms with Gasteiger partial charge in [0.05, 0.1) is 5.69 Å². The minimum Gasteiger partial charge on any atom is -0.335 e. The van der Waals surface area contributed by atoms with E-state index in [-0.39, 0.29) is 6.03 Å². The minimum absolute atomic E-state index is 0.0746. The number of hydrogen-bond acceptors (Lipinski definition) is 3. The van der Waals surface area contributed by atoms with Crippen LogP contribution in [0.15, 0.2) is 36.5 Å². The maximum Gasteiger partial charge on any atom is 0.315 e. The van der Waals surface area contributed by atoms with E-state index in [1.165, 1.54) is 6.42 Å². The van der Waals surface area contributed by atoms with Gasteiger partial charge in [0.1, 0.15) is 0 Å². The summed E-state index contributed by atoms with van der Waals surface area (Å²) in [6.07, 6.45) is 7.23. The Morgan fingerprint density at radius 2 is 2.13 bits per heavy atom. The molecule has 1 aliphatic rings. The Bertz CT molecular complexity index is 627. The number of thioether (sulfide) groups is 1. The highest BCUT2D eigenvalue weighted by atomic mass is 32.2. The number of hydrogen-bond donors (Lipinski definition) is 3. The molecule has 2 aromatic rings. The molecule has 1 saturated carbocycles. The van der Waals surface area contributed by atoms with Gasteiger partial charge < -0.3 is 10.6 Å². The molecule has 3 rings (SSSR count). The van der Waals surface area contributed by atoms with E-state index in [0.717, 1.165) is 29.7 Å². The zero-order valence-electron chi connectivity index (χ0n) is 13.2. The van der Waals surface area contributed by atoms with E-state index in [2.05, 4.69) is 27.1 Å². The lowest BCUT2D eigenvalue weighted by Gasteiger charge is -2.14. The van der Waals surface area contributed by atoms with Gasteiger partial charge in [-0.25, -0.2) is 4.79 Å². The van der Waals surface area contributed by atoms with Gasteiger partial charge in [0.2, 0.25) is 0 Å². The molecule has 1 heterocycles. The summed E-state index contributed by atoms with van der Waals surface area (Å²) >= 11 is 1.89. The van der Waals surface area contributed by atoms with Crippen molar-refractivity contribution in [1.82, 2.24) is 20.8 Å². The Morgan fingerprint density at radius 3 is 2.78 bits per heavy atom. The Hall–Kier alpha value is -1.95. The summed E-state index contributed by atoms with van der Waals surface area (Å²) < 4.78 is 0. The number of carbonyl (C=O) groups excluding carboxylic acids is 1. The molecule has 2 atom stereocenters. The highest BCUT2D eigenvalue weighted by molar-refractivity contribution is 7.99. The van der Waals surface area contributed by atoms with E-state index in [4.69, 9.17) is 0 Å². The summed E-state index contributed by atoms with van der Waals surface area (Å²) in [5, 5.41) is 13.6. The van der Waals surface area contributed by atoms with Gasteiger partial charge in [-0.2, -0.15) is 16.9 Å². The molecule has 23 heavy (non-hydrogen) atoms. The van der Waals surface area contributed by atoms with Gasteiger partial charge in [0, 0.05) is 24.0 Å². The van der Waals surface area contributed by atoms with Crippen LogP contribution in [0.3, 0.4) is 0 Å². The lowest BCUT2D eigenvalue weighted by Crippen LogP contribution is -2.40. The second-order valence-electron chi connectivity index (χ2n) is 5.86. The van der Waals surface area contributed by atoms with Crippen molar-refractivity contribution in [2.75, 3.05) is 6.26 Å². The van der Waals surface area contributed by atoms with E-state index in [1.807, 2.05) is 42.1 Å². The second kappa shape index (κ2) is 7.55. The quantitative estimate of drug-likeness (QED) is 0.789. The molecule has 5 nitrogen and oxygen atoms in total. The third-order valence-electron chi connectivity index (χ3n) is 4.27. The third-order valence-corrected chi connectivity index (χ3v) is 5.37. The van der Waals surface area contributed by atoms with Gasteiger partial charge >= 0.3 is 6.03 Å². The van der Waals surface area contributed by atoms with Crippen molar-refractivity contribution in [2.24, 2.45) is 0 Å². The number of H-pyrrole nitrogens is 1. The fraction of sp³-hybridized carbons (Fsp3) is 0.412. The molecule has 3 N–H and O–H groups in total. The zero-order valence-corrected chi connectivity index (χ0v) is 14.0. The summed E-state index contributed by atoms with van der Waals surface area (Å²) in [7, 11) is 0. The molecule has 0 bridgehead atoms. The van der Waals surface area contributed by atoms with Gasteiger partial charge in [-0.1, -0.05) is 24.3 Å². The van der Waals surface area contributed by atoms with Crippen LogP contribution in [0.2, 0.25) is 0 Å². The summed E-state index contributed by atoms with van der Waals surface area (Å²) in [6, 6.07) is 10.3. The maximum atomic E-state index is 12.0. The van der Waals surface area contributed by atoms with Gasteiger partial charge in [0.15, 0.2) is 0 Å². The molecule has 122 valence electrons. The van der Waals surface area contributed by atoms with E-state index >= 15 is 0 Å². The highest BCUT2D eigenvalue weighted by Crippen LogP contribution is 2.28. The van der Waals surface area contributed by atoms with Crippen LogP contribution in [0.5, 0.6) is 0 Å². The maximum absolute atomic E-state index is 12.0. The topological polar surface area (TPSA) is 69.8 Å². The SMILES string of the molecule is CS[C@@H]1CC[C@H](NC(=O)NCc2ccc(-c3ccn[nH]3)cc2)C1. The minimum atomic E-state index is -0.0746. The summed E-state index contributed by atoms with van der Waals surface area (Å²) in [5.74, 6) is 0. The van der Waals surface area contributed by atoms with E-state index in [0.29, 0.717) is 17.8 Å². The van der Waals surface area contributed by atoms with Crippen LogP contribution in [0.1, 0.15) is 24.8 Å². The number of nitrogens with zero attached hydrogens (tertiary/aromatic N) is 1. The fourth-order valence-corrected chi connectivity index (χ4v) is 3.72. The number of benzene rings is 1. The molecule has 0 radical (unpaired) electrons. The Morgan fingerprint density at radius 1 is 1.30 bits per heavy atom. The van der Waals surface area contributed by atoms with Crippen LogP contribution in [0.4, 0.5) is 4.79 Å². The van der Waals surface area contributed by atoms with E-state index in [9.17, 15) is 4.79 Å². The van der Waals surface area contributed by atoms with Crippen LogP contribution < -0.4 is 10.6 Å².